The van der Waals surface area contributed by atoms with Gasteiger partial charge in [-0.05, 0) is 134 Å². The predicted molar refractivity (Wildman–Crippen MR) is 216 cm³/mol. The van der Waals surface area contributed by atoms with E-state index in [4.69, 9.17) is 0 Å². The third-order valence-electron chi connectivity index (χ3n) is 12.0. The van der Waals surface area contributed by atoms with Crippen molar-refractivity contribution >= 4 is 53.9 Å². The third-order valence-corrected chi connectivity index (χ3v) is 12.0. The molecule has 0 saturated carbocycles. The third kappa shape index (κ3) is 3.40. The van der Waals surface area contributed by atoms with Crippen molar-refractivity contribution in [1.29, 1.82) is 0 Å². The van der Waals surface area contributed by atoms with Crippen LogP contribution in [0.25, 0.3) is 87.2 Å². The smallest absolute Gasteiger partial charge is 0.0619 e. The zero-order chi connectivity index (χ0) is 33.3. The van der Waals surface area contributed by atoms with Gasteiger partial charge in [-0.3, -0.25) is 0 Å². The second kappa shape index (κ2) is 9.81. The Labute approximate surface area is 295 Å². The molecule has 0 heterocycles. The Bertz CT molecular complexity index is 3100. The van der Waals surface area contributed by atoms with E-state index in [-0.39, 0.29) is 0 Å². The molecule has 0 atom stereocenters. The zero-order valence-electron chi connectivity index (χ0n) is 27.8. The van der Waals surface area contributed by atoms with Crippen LogP contribution in [-0.2, 0) is 5.41 Å². The standard InChI is InChI=1S/C51H30/c1-2-14-32-30-48-45(27-31(32)13-1)49-41-22-8-7-19-38(41)44-29-34(43-28-33-15-3-4-16-35(33)36-17-5-6-18-37(36)43)25-26-42(44)50(49)51(48)46-23-11-9-20-39(46)40-21-10-12-24-47(40)51/h1-30H. The van der Waals surface area contributed by atoms with Gasteiger partial charge in [0.1, 0.15) is 0 Å². The Kier molecular flexibility index (Phi) is 5.26. The first-order valence-corrected chi connectivity index (χ1v) is 17.9. The number of benzene rings is 10. The summed E-state index contributed by atoms with van der Waals surface area (Å²) in [6, 6.07) is 68.6. The van der Waals surface area contributed by atoms with E-state index in [1.54, 1.807) is 0 Å². The molecule has 2 aliphatic rings. The maximum Gasteiger partial charge on any atom is 0.0731 e. The number of rotatable bonds is 1. The van der Waals surface area contributed by atoms with E-state index in [1.807, 2.05) is 0 Å². The van der Waals surface area contributed by atoms with Crippen molar-refractivity contribution in [3.05, 3.63) is 204 Å². The Morgan fingerprint density at radius 2 is 0.804 bits per heavy atom. The van der Waals surface area contributed by atoms with E-state index in [2.05, 4.69) is 182 Å². The molecular weight excluding hydrogens is 613 g/mol. The molecule has 0 radical (unpaired) electrons. The molecular formula is C51H30. The molecule has 2 aliphatic carbocycles. The summed E-state index contributed by atoms with van der Waals surface area (Å²) in [6.45, 7) is 0. The molecule has 0 aromatic heterocycles. The molecule has 1 spiro atoms. The van der Waals surface area contributed by atoms with Gasteiger partial charge >= 0.3 is 0 Å². The fourth-order valence-corrected chi connectivity index (χ4v) is 10.0. The van der Waals surface area contributed by atoms with Crippen molar-refractivity contribution in [3.63, 3.8) is 0 Å². The topological polar surface area (TPSA) is 0 Å². The number of hydrogen-bond acceptors (Lipinski definition) is 0. The highest BCUT2D eigenvalue weighted by atomic mass is 14.5. The Morgan fingerprint density at radius 3 is 1.53 bits per heavy atom. The molecule has 0 bridgehead atoms. The van der Waals surface area contributed by atoms with Gasteiger partial charge in [-0.2, -0.15) is 0 Å². The van der Waals surface area contributed by atoms with E-state index in [1.165, 1.54) is 109 Å². The maximum atomic E-state index is 2.50. The van der Waals surface area contributed by atoms with Crippen LogP contribution in [0.5, 0.6) is 0 Å². The first-order chi connectivity index (χ1) is 25.3. The van der Waals surface area contributed by atoms with Crippen LogP contribution in [0.3, 0.4) is 0 Å². The molecule has 0 N–H and O–H groups in total. The molecule has 0 aliphatic heterocycles. The fraction of sp³-hybridized carbons (Fsp3) is 0.0196. The summed E-state index contributed by atoms with van der Waals surface area (Å²) in [5, 5.41) is 13.0. The summed E-state index contributed by atoms with van der Waals surface area (Å²) in [4.78, 5) is 0. The summed E-state index contributed by atoms with van der Waals surface area (Å²) in [6.07, 6.45) is 0. The Hall–Kier alpha value is -6.50. The normalized spacial score (nSPS) is 13.6. The summed E-state index contributed by atoms with van der Waals surface area (Å²) >= 11 is 0. The average molecular weight is 643 g/mol. The SMILES string of the molecule is c1ccc2c(c1)-c1ccccc1C21c2cc3ccccc3cc2-c2c1c1ccc(-c3cc4ccccc4c4ccccc34)cc1c1ccccc21. The van der Waals surface area contributed by atoms with Crippen molar-refractivity contribution in [2.45, 2.75) is 5.41 Å². The largest absolute Gasteiger partial charge is 0.0731 e. The van der Waals surface area contributed by atoms with E-state index < -0.39 is 5.41 Å². The minimum absolute atomic E-state index is 0.443. The molecule has 10 aromatic carbocycles. The van der Waals surface area contributed by atoms with Gasteiger partial charge in [-0.1, -0.05) is 158 Å². The Morgan fingerprint density at radius 1 is 0.275 bits per heavy atom. The minimum atomic E-state index is -0.443. The summed E-state index contributed by atoms with van der Waals surface area (Å²) < 4.78 is 0. The quantitative estimate of drug-likeness (QED) is 0.156. The van der Waals surface area contributed by atoms with Gasteiger partial charge in [-0.25, -0.2) is 0 Å². The lowest BCUT2D eigenvalue weighted by Gasteiger charge is -2.32. The van der Waals surface area contributed by atoms with E-state index in [9.17, 15) is 0 Å². The van der Waals surface area contributed by atoms with Crippen LogP contribution in [-0.4, -0.2) is 0 Å². The van der Waals surface area contributed by atoms with E-state index in [0.29, 0.717) is 0 Å². The molecule has 51 heavy (non-hydrogen) atoms. The summed E-state index contributed by atoms with van der Waals surface area (Å²) in [7, 11) is 0. The highest BCUT2D eigenvalue weighted by Crippen LogP contribution is 2.65. The van der Waals surface area contributed by atoms with Crippen LogP contribution in [0, 0.1) is 0 Å². The highest BCUT2D eigenvalue weighted by molar-refractivity contribution is 6.22. The second-order valence-electron chi connectivity index (χ2n) is 14.3. The average Bonchev–Trinajstić information content (AvgIpc) is 3.67. The Balaban J connectivity index is 1.27. The van der Waals surface area contributed by atoms with Gasteiger partial charge in [0.15, 0.2) is 0 Å². The van der Waals surface area contributed by atoms with Gasteiger partial charge in [0.05, 0.1) is 5.41 Å². The van der Waals surface area contributed by atoms with Crippen molar-refractivity contribution in [3.8, 4) is 33.4 Å². The first-order valence-electron chi connectivity index (χ1n) is 17.9. The molecule has 0 nitrogen and oxygen atoms in total. The fourth-order valence-electron chi connectivity index (χ4n) is 10.0. The molecule has 0 fully saturated rings. The summed E-state index contributed by atoms with van der Waals surface area (Å²) in [5.74, 6) is 0. The summed E-state index contributed by atoms with van der Waals surface area (Å²) in [5.41, 5.74) is 13.0. The maximum absolute atomic E-state index is 2.50. The molecule has 0 amide bonds. The van der Waals surface area contributed by atoms with Gasteiger partial charge < -0.3 is 0 Å². The van der Waals surface area contributed by atoms with Crippen LogP contribution >= 0.6 is 0 Å². The highest BCUT2D eigenvalue weighted by Gasteiger charge is 2.53. The molecule has 0 saturated heterocycles. The predicted octanol–water partition coefficient (Wildman–Crippen LogP) is 13.5. The first kappa shape index (κ1) is 27.3. The monoisotopic (exact) mass is 642 g/mol. The minimum Gasteiger partial charge on any atom is -0.0619 e. The molecule has 234 valence electrons. The molecule has 12 rings (SSSR count). The molecule has 10 aromatic rings. The van der Waals surface area contributed by atoms with Crippen LogP contribution in [0.15, 0.2) is 182 Å². The van der Waals surface area contributed by atoms with Crippen molar-refractivity contribution < 1.29 is 0 Å². The van der Waals surface area contributed by atoms with Gasteiger partial charge in [0.2, 0.25) is 0 Å². The van der Waals surface area contributed by atoms with Crippen molar-refractivity contribution in [1.82, 2.24) is 0 Å². The molecule has 0 unspecified atom stereocenters. The lowest BCUT2D eigenvalue weighted by Crippen LogP contribution is -2.26. The van der Waals surface area contributed by atoms with Crippen LogP contribution in [0.2, 0.25) is 0 Å². The van der Waals surface area contributed by atoms with Crippen LogP contribution in [0.1, 0.15) is 22.3 Å². The zero-order valence-corrected chi connectivity index (χ0v) is 27.8. The van der Waals surface area contributed by atoms with E-state index in [0.717, 1.165) is 0 Å². The number of hydrogen-bond donors (Lipinski definition) is 0. The molecule has 0 heteroatoms. The number of fused-ring (bicyclic) bond motifs is 19. The van der Waals surface area contributed by atoms with Crippen molar-refractivity contribution in [2.75, 3.05) is 0 Å². The van der Waals surface area contributed by atoms with Gasteiger partial charge in [-0.15, -0.1) is 0 Å². The lowest BCUT2D eigenvalue weighted by atomic mass is 9.69. The van der Waals surface area contributed by atoms with Gasteiger partial charge in [0, 0.05) is 0 Å². The van der Waals surface area contributed by atoms with Crippen LogP contribution in [0.4, 0.5) is 0 Å². The van der Waals surface area contributed by atoms with Crippen molar-refractivity contribution in [2.24, 2.45) is 0 Å². The second-order valence-corrected chi connectivity index (χ2v) is 14.3. The van der Waals surface area contributed by atoms with Crippen LogP contribution < -0.4 is 0 Å². The lowest BCUT2D eigenvalue weighted by molar-refractivity contribution is 0.803. The van der Waals surface area contributed by atoms with E-state index >= 15 is 0 Å². The van der Waals surface area contributed by atoms with Gasteiger partial charge in [0.25, 0.3) is 0 Å².